The Morgan fingerprint density at radius 3 is 2.71 bits per heavy atom. The molecule has 0 unspecified atom stereocenters. The molecule has 0 radical (unpaired) electrons. The van der Waals surface area contributed by atoms with Crippen LogP contribution in [0.3, 0.4) is 0 Å². The van der Waals surface area contributed by atoms with E-state index in [1.54, 1.807) is 0 Å². The van der Waals surface area contributed by atoms with Gasteiger partial charge in [-0.2, -0.15) is 0 Å². The van der Waals surface area contributed by atoms with Crippen LogP contribution in [0.2, 0.25) is 0 Å². The van der Waals surface area contributed by atoms with E-state index in [1.165, 1.54) is 19.2 Å². The fraction of sp³-hybridized carbons (Fsp3) is 0.417. The lowest BCUT2D eigenvalue weighted by molar-refractivity contribution is -0.274. The SMILES string of the molecule is COCCNCC(=O)Nc1ccc(Br)cc1OC(F)(F)F. The predicted octanol–water partition coefficient (Wildman–Crippen LogP) is 2.52. The van der Waals surface area contributed by atoms with Crippen LogP contribution < -0.4 is 15.4 Å². The van der Waals surface area contributed by atoms with Gasteiger partial charge in [0.15, 0.2) is 5.75 Å². The Morgan fingerprint density at radius 2 is 2.10 bits per heavy atom. The second-order valence-electron chi connectivity index (χ2n) is 3.91. The molecule has 0 saturated carbocycles. The molecule has 5 nitrogen and oxygen atoms in total. The Labute approximate surface area is 127 Å². The lowest BCUT2D eigenvalue weighted by atomic mass is 10.3. The molecule has 0 aliphatic rings. The van der Waals surface area contributed by atoms with Crippen molar-refractivity contribution in [2.45, 2.75) is 6.36 Å². The number of hydrogen-bond donors (Lipinski definition) is 2. The van der Waals surface area contributed by atoms with Gasteiger partial charge in [0.25, 0.3) is 0 Å². The number of benzene rings is 1. The highest BCUT2D eigenvalue weighted by atomic mass is 79.9. The number of amides is 1. The molecule has 0 aromatic heterocycles. The van der Waals surface area contributed by atoms with Crippen molar-refractivity contribution in [1.29, 1.82) is 0 Å². The highest BCUT2D eigenvalue weighted by Gasteiger charge is 2.32. The molecular weight excluding hydrogens is 357 g/mol. The Hall–Kier alpha value is -1.32. The van der Waals surface area contributed by atoms with Crippen LogP contribution in [-0.4, -0.2) is 39.1 Å². The van der Waals surface area contributed by atoms with Gasteiger partial charge in [-0.3, -0.25) is 4.79 Å². The van der Waals surface area contributed by atoms with Crippen LogP contribution in [0, 0.1) is 0 Å². The van der Waals surface area contributed by atoms with Crippen LogP contribution in [0.15, 0.2) is 22.7 Å². The molecule has 0 heterocycles. The van der Waals surface area contributed by atoms with Gasteiger partial charge in [-0.1, -0.05) is 15.9 Å². The van der Waals surface area contributed by atoms with Crippen molar-refractivity contribution in [3.8, 4) is 5.75 Å². The number of nitrogens with one attached hydrogen (secondary N) is 2. The largest absolute Gasteiger partial charge is 0.573 e. The van der Waals surface area contributed by atoms with Crippen LogP contribution in [-0.2, 0) is 9.53 Å². The Morgan fingerprint density at radius 1 is 1.38 bits per heavy atom. The van der Waals surface area contributed by atoms with Crippen LogP contribution in [0.1, 0.15) is 0 Å². The van der Waals surface area contributed by atoms with E-state index in [2.05, 4.69) is 31.3 Å². The van der Waals surface area contributed by atoms with Crippen molar-refractivity contribution in [2.24, 2.45) is 0 Å². The van der Waals surface area contributed by atoms with Crippen molar-refractivity contribution < 1.29 is 27.4 Å². The molecule has 1 aromatic rings. The molecule has 0 aliphatic heterocycles. The summed E-state index contributed by atoms with van der Waals surface area (Å²) in [7, 11) is 1.52. The molecule has 0 fully saturated rings. The number of hydrogen-bond acceptors (Lipinski definition) is 4. The van der Waals surface area contributed by atoms with Gasteiger partial charge in [0.1, 0.15) is 0 Å². The van der Waals surface area contributed by atoms with Crippen LogP contribution in [0.4, 0.5) is 18.9 Å². The zero-order chi connectivity index (χ0) is 15.9. The molecular formula is C12H14BrF3N2O3. The Balaban J connectivity index is 2.67. The maximum absolute atomic E-state index is 12.3. The number of anilines is 1. The van der Waals surface area contributed by atoms with E-state index in [9.17, 15) is 18.0 Å². The van der Waals surface area contributed by atoms with Crippen molar-refractivity contribution in [3.05, 3.63) is 22.7 Å². The highest BCUT2D eigenvalue weighted by Crippen LogP contribution is 2.32. The number of alkyl halides is 3. The summed E-state index contributed by atoms with van der Waals surface area (Å²) < 4.78 is 46.0. The second kappa shape index (κ2) is 8.20. The molecule has 1 aromatic carbocycles. The smallest absolute Gasteiger partial charge is 0.404 e. The van der Waals surface area contributed by atoms with Gasteiger partial charge < -0.3 is 20.1 Å². The third-order valence-corrected chi connectivity index (χ3v) is 2.71. The minimum Gasteiger partial charge on any atom is -0.404 e. The number of rotatable bonds is 7. The summed E-state index contributed by atoms with van der Waals surface area (Å²) in [5.74, 6) is -0.970. The Bertz CT molecular complexity index is 483. The first kappa shape index (κ1) is 17.7. The summed E-state index contributed by atoms with van der Waals surface area (Å²) in [5, 5.41) is 5.13. The fourth-order valence-electron chi connectivity index (χ4n) is 1.38. The molecule has 0 aliphatic carbocycles. The Kier molecular flexibility index (Phi) is 6.93. The van der Waals surface area contributed by atoms with Crippen LogP contribution in [0.5, 0.6) is 5.75 Å². The van der Waals surface area contributed by atoms with Gasteiger partial charge in [-0.25, -0.2) is 0 Å². The first-order valence-corrected chi connectivity index (χ1v) is 6.66. The van der Waals surface area contributed by atoms with Crippen LogP contribution in [0.25, 0.3) is 0 Å². The molecule has 1 amide bonds. The molecule has 0 bridgehead atoms. The summed E-state index contributed by atoms with van der Waals surface area (Å²) in [6.45, 7) is 0.828. The van der Waals surface area contributed by atoms with E-state index in [-0.39, 0.29) is 12.2 Å². The topological polar surface area (TPSA) is 59.6 Å². The van der Waals surface area contributed by atoms with Gasteiger partial charge in [0, 0.05) is 18.1 Å². The maximum Gasteiger partial charge on any atom is 0.573 e. The molecule has 0 atom stereocenters. The van der Waals surface area contributed by atoms with Gasteiger partial charge in [-0.15, -0.1) is 13.2 Å². The van der Waals surface area contributed by atoms with Crippen molar-refractivity contribution in [1.82, 2.24) is 5.32 Å². The number of carbonyl (C=O) groups is 1. The average molecular weight is 371 g/mol. The summed E-state index contributed by atoms with van der Waals surface area (Å²) in [6, 6.07) is 3.94. The first-order chi connectivity index (χ1) is 9.81. The summed E-state index contributed by atoms with van der Waals surface area (Å²) in [4.78, 5) is 11.6. The number of halogens is 4. The van der Waals surface area contributed by atoms with Crippen molar-refractivity contribution >= 4 is 27.5 Å². The van der Waals surface area contributed by atoms with Gasteiger partial charge >= 0.3 is 6.36 Å². The standard InChI is InChI=1S/C12H14BrF3N2O3/c1-20-5-4-17-7-11(19)18-9-3-2-8(13)6-10(9)21-12(14,15)16/h2-3,6,17H,4-5,7H2,1H3,(H,18,19). The number of ether oxygens (including phenoxy) is 2. The molecule has 21 heavy (non-hydrogen) atoms. The number of carbonyl (C=O) groups excluding carboxylic acids is 1. The third kappa shape index (κ3) is 7.30. The van der Waals surface area contributed by atoms with Crippen molar-refractivity contribution in [2.75, 3.05) is 32.1 Å². The minimum atomic E-state index is -4.84. The van der Waals surface area contributed by atoms with E-state index in [4.69, 9.17) is 4.74 Å². The lowest BCUT2D eigenvalue weighted by Gasteiger charge is -2.14. The zero-order valence-corrected chi connectivity index (χ0v) is 12.7. The molecule has 2 N–H and O–H groups in total. The second-order valence-corrected chi connectivity index (χ2v) is 4.82. The number of methoxy groups -OCH3 is 1. The molecule has 0 saturated heterocycles. The quantitative estimate of drug-likeness (QED) is 0.724. The van der Waals surface area contributed by atoms with E-state index in [0.717, 1.165) is 6.07 Å². The third-order valence-electron chi connectivity index (χ3n) is 2.21. The fourth-order valence-corrected chi connectivity index (χ4v) is 1.72. The van der Waals surface area contributed by atoms with E-state index < -0.39 is 18.0 Å². The molecule has 118 valence electrons. The normalized spacial score (nSPS) is 11.3. The maximum atomic E-state index is 12.3. The first-order valence-electron chi connectivity index (χ1n) is 5.86. The summed E-state index contributed by atoms with van der Waals surface area (Å²) in [5.41, 5.74) is -0.0610. The molecule has 9 heteroatoms. The zero-order valence-electron chi connectivity index (χ0n) is 11.1. The van der Waals surface area contributed by atoms with E-state index >= 15 is 0 Å². The predicted molar refractivity (Wildman–Crippen MR) is 74.2 cm³/mol. The van der Waals surface area contributed by atoms with Crippen LogP contribution >= 0.6 is 15.9 Å². The van der Waals surface area contributed by atoms with E-state index in [1.807, 2.05) is 0 Å². The minimum absolute atomic E-state index is 0.0507. The van der Waals surface area contributed by atoms with Gasteiger partial charge in [-0.05, 0) is 18.2 Å². The highest BCUT2D eigenvalue weighted by molar-refractivity contribution is 9.10. The average Bonchev–Trinajstić information content (AvgIpc) is 2.36. The van der Waals surface area contributed by atoms with Gasteiger partial charge in [0.05, 0.1) is 18.8 Å². The summed E-state index contributed by atoms with van der Waals surface area (Å²) >= 11 is 3.04. The monoisotopic (exact) mass is 370 g/mol. The summed E-state index contributed by atoms with van der Waals surface area (Å²) in [6.07, 6.45) is -4.84. The molecule has 1 rings (SSSR count). The lowest BCUT2D eigenvalue weighted by Crippen LogP contribution is -2.30. The molecule has 0 spiro atoms. The van der Waals surface area contributed by atoms with Gasteiger partial charge in [0.2, 0.25) is 5.91 Å². The van der Waals surface area contributed by atoms with E-state index in [0.29, 0.717) is 17.6 Å². The van der Waals surface area contributed by atoms with Crippen molar-refractivity contribution in [3.63, 3.8) is 0 Å².